The number of nitrogens with zero attached hydrogens (tertiary/aromatic N) is 1. The molecule has 1 unspecified atom stereocenters. The molecule has 1 atom stereocenters. The third-order valence-corrected chi connectivity index (χ3v) is 3.25. The monoisotopic (exact) mass is 213 g/mol. The van der Waals surface area contributed by atoms with Gasteiger partial charge >= 0.3 is 0 Å². The number of aryl methyl sites for hydroxylation is 1. The van der Waals surface area contributed by atoms with Gasteiger partial charge in [-0.15, -0.1) is 13.2 Å². The quantitative estimate of drug-likeness (QED) is 0.691. The number of anilines is 1. The Morgan fingerprint density at radius 2 is 2.06 bits per heavy atom. The third-order valence-electron chi connectivity index (χ3n) is 3.25. The Kier molecular flexibility index (Phi) is 3.45. The van der Waals surface area contributed by atoms with Crippen LogP contribution in [0.1, 0.15) is 18.4 Å². The van der Waals surface area contributed by atoms with Crippen LogP contribution in [0.15, 0.2) is 49.6 Å². The topological polar surface area (TPSA) is 3.24 Å². The third kappa shape index (κ3) is 2.04. The average Bonchev–Trinajstić information content (AvgIpc) is 2.32. The van der Waals surface area contributed by atoms with Crippen molar-refractivity contribution in [2.24, 2.45) is 0 Å². The van der Waals surface area contributed by atoms with E-state index in [0.29, 0.717) is 6.04 Å². The zero-order valence-electron chi connectivity index (χ0n) is 9.73. The van der Waals surface area contributed by atoms with Crippen LogP contribution in [0.4, 0.5) is 5.69 Å². The average molecular weight is 213 g/mol. The lowest BCUT2D eigenvalue weighted by Crippen LogP contribution is -2.39. The Morgan fingerprint density at radius 1 is 1.25 bits per heavy atom. The molecule has 0 aliphatic carbocycles. The van der Waals surface area contributed by atoms with Crippen molar-refractivity contribution < 1.29 is 0 Å². The molecule has 1 nitrogen and oxygen atoms in total. The van der Waals surface area contributed by atoms with Crippen molar-refractivity contribution in [3.05, 3.63) is 55.1 Å². The summed E-state index contributed by atoms with van der Waals surface area (Å²) in [5.74, 6) is 0. The molecule has 0 bridgehead atoms. The number of hydrogen-bond donors (Lipinski definition) is 0. The molecule has 0 amide bonds. The predicted molar refractivity (Wildman–Crippen MR) is 70.9 cm³/mol. The van der Waals surface area contributed by atoms with Crippen LogP contribution in [0, 0.1) is 0 Å². The highest BCUT2D eigenvalue weighted by molar-refractivity contribution is 5.57. The summed E-state index contributed by atoms with van der Waals surface area (Å²) < 4.78 is 0. The van der Waals surface area contributed by atoms with Crippen LogP contribution in [0.25, 0.3) is 0 Å². The maximum Gasteiger partial charge on any atom is 0.0404 e. The predicted octanol–water partition coefficient (Wildman–Crippen LogP) is 3.57. The first kappa shape index (κ1) is 11.0. The van der Waals surface area contributed by atoms with E-state index in [1.54, 1.807) is 0 Å². The van der Waals surface area contributed by atoms with Gasteiger partial charge in [-0.1, -0.05) is 30.4 Å². The largest absolute Gasteiger partial charge is 0.364 e. The van der Waals surface area contributed by atoms with E-state index >= 15 is 0 Å². The fourth-order valence-electron chi connectivity index (χ4n) is 2.50. The summed E-state index contributed by atoms with van der Waals surface area (Å²) >= 11 is 0. The minimum absolute atomic E-state index is 0.588. The maximum absolute atomic E-state index is 3.85. The minimum Gasteiger partial charge on any atom is -0.364 e. The lowest BCUT2D eigenvalue weighted by atomic mass is 9.94. The van der Waals surface area contributed by atoms with E-state index in [1.807, 2.05) is 12.2 Å². The fraction of sp³-hybridized carbons (Fsp3) is 0.333. The van der Waals surface area contributed by atoms with Gasteiger partial charge in [-0.3, -0.25) is 0 Å². The first-order valence-electron chi connectivity index (χ1n) is 5.93. The number of hydrogen-bond acceptors (Lipinski definition) is 1. The molecule has 2 rings (SSSR count). The van der Waals surface area contributed by atoms with Gasteiger partial charge in [-0.2, -0.15) is 0 Å². The Morgan fingerprint density at radius 3 is 2.81 bits per heavy atom. The van der Waals surface area contributed by atoms with Crippen LogP contribution in [0.5, 0.6) is 0 Å². The zero-order chi connectivity index (χ0) is 11.4. The van der Waals surface area contributed by atoms with E-state index in [4.69, 9.17) is 0 Å². The lowest BCUT2D eigenvalue weighted by molar-refractivity contribution is 0.548. The Bertz CT molecular complexity index is 381. The molecule has 1 heterocycles. The van der Waals surface area contributed by atoms with Gasteiger partial charge in [0.2, 0.25) is 0 Å². The molecule has 1 heteroatoms. The van der Waals surface area contributed by atoms with Crippen LogP contribution in [-0.2, 0) is 6.42 Å². The van der Waals surface area contributed by atoms with E-state index in [2.05, 4.69) is 42.3 Å². The first-order valence-corrected chi connectivity index (χ1v) is 5.93. The molecule has 1 aliphatic heterocycles. The zero-order valence-corrected chi connectivity index (χ0v) is 9.73. The molecule has 0 radical (unpaired) electrons. The Labute approximate surface area is 98.1 Å². The molecule has 0 spiro atoms. The van der Waals surface area contributed by atoms with E-state index < -0.39 is 0 Å². The molecular weight excluding hydrogens is 194 g/mol. The second kappa shape index (κ2) is 5.02. The SMILES string of the molecule is C=CCC1CCc2ccccc2N1CC=C. The smallest absolute Gasteiger partial charge is 0.0404 e. The van der Waals surface area contributed by atoms with Gasteiger partial charge in [0.25, 0.3) is 0 Å². The van der Waals surface area contributed by atoms with E-state index in [-0.39, 0.29) is 0 Å². The number of para-hydroxylation sites is 1. The molecule has 0 aromatic heterocycles. The van der Waals surface area contributed by atoms with Crippen molar-refractivity contribution in [2.75, 3.05) is 11.4 Å². The molecule has 0 saturated carbocycles. The number of benzene rings is 1. The molecule has 1 aromatic rings. The van der Waals surface area contributed by atoms with Crippen LogP contribution in [0.2, 0.25) is 0 Å². The summed E-state index contributed by atoms with van der Waals surface area (Å²) in [6.07, 6.45) is 7.47. The van der Waals surface area contributed by atoms with E-state index in [1.165, 1.54) is 24.1 Å². The highest BCUT2D eigenvalue weighted by Crippen LogP contribution is 2.31. The van der Waals surface area contributed by atoms with Crippen molar-refractivity contribution >= 4 is 5.69 Å². The van der Waals surface area contributed by atoms with Crippen LogP contribution in [-0.4, -0.2) is 12.6 Å². The van der Waals surface area contributed by atoms with Crippen molar-refractivity contribution in [3.8, 4) is 0 Å². The summed E-state index contributed by atoms with van der Waals surface area (Å²) in [5.41, 5.74) is 2.84. The van der Waals surface area contributed by atoms with Crippen molar-refractivity contribution in [3.63, 3.8) is 0 Å². The maximum atomic E-state index is 3.85. The van der Waals surface area contributed by atoms with Gasteiger partial charge in [-0.25, -0.2) is 0 Å². The Hall–Kier alpha value is -1.50. The van der Waals surface area contributed by atoms with Crippen molar-refractivity contribution in [1.29, 1.82) is 0 Å². The highest BCUT2D eigenvalue weighted by atomic mass is 15.2. The molecule has 1 aromatic carbocycles. The van der Waals surface area contributed by atoms with Gasteiger partial charge in [-0.05, 0) is 30.9 Å². The molecule has 1 aliphatic rings. The normalized spacial score (nSPS) is 19.0. The van der Waals surface area contributed by atoms with Crippen molar-refractivity contribution in [2.45, 2.75) is 25.3 Å². The summed E-state index contributed by atoms with van der Waals surface area (Å²) in [6.45, 7) is 8.63. The molecular formula is C15H19N. The second-order valence-electron chi connectivity index (χ2n) is 4.29. The number of rotatable bonds is 4. The second-order valence-corrected chi connectivity index (χ2v) is 4.29. The summed E-state index contributed by atoms with van der Waals surface area (Å²) in [4.78, 5) is 2.45. The number of fused-ring (bicyclic) bond motifs is 1. The summed E-state index contributed by atoms with van der Waals surface area (Å²) in [7, 11) is 0. The van der Waals surface area contributed by atoms with Gasteiger partial charge in [0.05, 0.1) is 0 Å². The molecule has 16 heavy (non-hydrogen) atoms. The van der Waals surface area contributed by atoms with Gasteiger partial charge < -0.3 is 4.90 Å². The first-order chi connectivity index (χ1) is 7.86. The standard InChI is InChI=1S/C15H19N/c1-3-7-14-11-10-13-8-5-6-9-15(13)16(14)12-4-2/h3-6,8-9,14H,1-2,7,10-12H2. The van der Waals surface area contributed by atoms with E-state index in [9.17, 15) is 0 Å². The molecule has 84 valence electrons. The summed E-state index contributed by atoms with van der Waals surface area (Å²) in [6, 6.07) is 9.28. The molecule has 0 saturated heterocycles. The van der Waals surface area contributed by atoms with Crippen LogP contribution in [0.3, 0.4) is 0 Å². The van der Waals surface area contributed by atoms with Gasteiger partial charge in [0.15, 0.2) is 0 Å². The summed E-state index contributed by atoms with van der Waals surface area (Å²) in [5, 5.41) is 0. The van der Waals surface area contributed by atoms with Gasteiger partial charge in [0.1, 0.15) is 0 Å². The van der Waals surface area contributed by atoms with Crippen molar-refractivity contribution in [1.82, 2.24) is 0 Å². The molecule has 0 fully saturated rings. The van der Waals surface area contributed by atoms with E-state index in [0.717, 1.165) is 13.0 Å². The highest BCUT2D eigenvalue weighted by Gasteiger charge is 2.23. The fourth-order valence-corrected chi connectivity index (χ4v) is 2.50. The minimum atomic E-state index is 0.588. The van der Waals surface area contributed by atoms with Gasteiger partial charge in [0, 0.05) is 18.3 Å². The lowest BCUT2D eigenvalue weighted by Gasteiger charge is -2.38. The van der Waals surface area contributed by atoms with Crippen LogP contribution >= 0.6 is 0 Å². The van der Waals surface area contributed by atoms with Crippen LogP contribution < -0.4 is 4.90 Å². The Balaban J connectivity index is 2.30. The molecule has 0 N–H and O–H groups in total.